The van der Waals surface area contributed by atoms with Gasteiger partial charge in [-0.05, 0) is 67.6 Å². The lowest BCUT2D eigenvalue weighted by Crippen LogP contribution is -2.49. The summed E-state index contributed by atoms with van der Waals surface area (Å²) in [6.45, 7) is 4.05. The highest BCUT2D eigenvalue weighted by atomic mass is 16.5. The van der Waals surface area contributed by atoms with Crippen LogP contribution in [0.15, 0.2) is 36.4 Å². The third kappa shape index (κ3) is 5.30. The monoisotopic (exact) mass is 509 g/mol. The lowest BCUT2D eigenvalue weighted by atomic mass is 9.92. The predicted molar refractivity (Wildman–Crippen MR) is 137 cm³/mol. The Morgan fingerprint density at radius 2 is 1.95 bits per heavy atom. The number of carbonyl (C=O) groups is 2. The molecule has 0 aliphatic carbocycles. The topological polar surface area (TPSA) is 109 Å². The second-order valence-corrected chi connectivity index (χ2v) is 9.88. The van der Waals surface area contributed by atoms with Crippen LogP contribution < -0.4 is 20.1 Å². The molecule has 37 heavy (non-hydrogen) atoms. The first-order chi connectivity index (χ1) is 18.0. The number of nitrogens with zero attached hydrogens (tertiary/aromatic N) is 1. The van der Waals surface area contributed by atoms with Gasteiger partial charge >= 0.3 is 0 Å². The number of rotatable bonds is 8. The van der Waals surface area contributed by atoms with Crippen LogP contribution >= 0.6 is 0 Å². The van der Waals surface area contributed by atoms with Crippen LogP contribution in [-0.2, 0) is 17.7 Å². The summed E-state index contributed by atoms with van der Waals surface area (Å²) in [4.78, 5) is 28.3. The molecule has 2 fully saturated rings. The van der Waals surface area contributed by atoms with Crippen molar-refractivity contribution in [3.63, 3.8) is 0 Å². The summed E-state index contributed by atoms with van der Waals surface area (Å²) in [6, 6.07) is 10.9. The fourth-order valence-corrected chi connectivity index (χ4v) is 5.58. The maximum Gasteiger partial charge on any atom is 0.255 e. The molecule has 3 aliphatic heterocycles. The average molecular weight is 510 g/mol. The summed E-state index contributed by atoms with van der Waals surface area (Å²) in [6.07, 6.45) is 1.79. The van der Waals surface area contributed by atoms with Gasteiger partial charge in [-0.25, -0.2) is 0 Å². The van der Waals surface area contributed by atoms with Crippen LogP contribution in [0.3, 0.4) is 0 Å². The molecule has 9 nitrogen and oxygen atoms in total. The number of morpholine rings is 1. The molecule has 3 heterocycles. The van der Waals surface area contributed by atoms with E-state index in [2.05, 4.69) is 10.6 Å². The lowest BCUT2D eigenvalue weighted by Gasteiger charge is -2.34. The Morgan fingerprint density at radius 1 is 1.16 bits per heavy atom. The molecule has 4 atom stereocenters. The van der Waals surface area contributed by atoms with Crippen molar-refractivity contribution in [2.75, 3.05) is 33.5 Å². The summed E-state index contributed by atoms with van der Waals surface area (Å²) < 4.78 is 16.6. The van der Waals surface area contributed by atoms with Gasteiger partial charge in [0.2, 0.25) is 0 Å². The largest absolute Gasteiger partial charge is 0.497 e. The Labute approximate surface area is 217 Å². The molecule has 5 rings (SSSR count). The zero-order valence-corrected chi connectivity index (χ0v) is 21.4. The molecule has 9 heteroatoms. The number of hydrogen-bond donors (Lipinski definition) is 3. The number of fused-ring (bicyclic) bond motifs is 3. The molecule has 3 N–H and O–H groups in total. The highest BCUT2D eigenvalue weighted by Gasteiger charge is 2.40. The predicted octanol–water partition coefficient (Wildman–Crippen LogP) is 1.90. The molecule has 3 unspecified atom stereocenters. The van der Waals surface area contributed by atoms with Crippen molar-refractivity contribution in [3.8, 4) is 11.5 Å². The maximum absolute atomic E-state index is 13.3. The molecular weight excluding hydrogens is 474 g/mol. The SMILES string of the molecule is CCOc1cc(C(=O)N2C3CCC2COC3)ccc1C(=O)NCC(O)[C@@H]1Cc2ccc(OC)cc2CN1. The Bertz CT molecular complexity index is 1140. The molecular formula is C28H35N3O6. The lowest BCUT2D eigenvalue weighted by molar-refractivity contribution is -0.00717. The minimum absolute atomic E-state index is 0.0552. The molecule has 0 saturated carbocycles. The number of ether oxygens (including phenoxy) is 3. The smallest absolute Gasteiger partial charge is 0.255 e. The molecule has 198 valence electrons. The van der Waals surface area contributed by atoms with E-state index in [0.29, 0.717) is 49.7 Å². The van der Waals surface area contributed by atoms with Crippen molar-refractivity contribution < 1.29 is 28.9 Å². The van der Waals surface area contributed by atoms with E-state index in [1.165, 1.54) is 0 Å². The van der Waals surface area contributed by atoms with Crippen LogP contribution in [0.1, 0.15) is 51.6 Å². The van der Waals surface area contributed by atoms with Crippen molar-refractivity contribution in [2.45, 2.75) is 57.0 Å². The molecule has 0 spiro atoms. The van der Waals surface area contributed by atoms with Crippen LogP contribution in [0.4, 0.5) is 0 Å². The van der Waals surface area contributed by atoms with Crippen LogP contribution in [0.2, 0.25) is 0 Å². The Kier molecular flexibility index (Phi) is 7.64. The van der Waals surface area contributed by atoms with Crippen molar-refractivity contribution in [1.29, 1.82) is 0 Å². The highest BCUT2D eigenvalue weighted by molar-refractivity contribution is 6.00. The number of aliphatic hydroxyl groups is 1. The van der Waals surface area contributed by atoms with Gasteiger partial charge in [-0.2, -0.15) is 0 Å². The van der Waals surface area contributed by atoms with Gasteiger partial charge in [0.1, 0.15) is 11.5 Å². The number of carbonyl (C=O) groups excluding carboxylic acids is 2. The van der Waals surface area contributed by atoms with Gasteiger partial charge in [-0.1, -0.05) is 6.07 Å². The second-order valence-electron chi connectivity index (χ2n) is 9.88. The van der Waals surface area contributed by atoms with E-state index in [1.54, 1.807) is 25.3 Å². The van der Waals surface area contributed by atoms with Crippen LogP contribution in [0.5, 0.6) is 11.5 Å². The van der Waals surface area contributed by atoms with Crippen molar-refractivity contribution in [2.24, 2.45) is 0 Å². The number of methoxy groups -OCH3 is 1. The van der Waals surface area contributed by atoms with Gasteiger partial charge in [0.05, 0.1) is 50.7 Å². The standard InChI is InChI=1S/C28H35N3O6/c1-3-37-26-12-18(28(34)31-20-6-7-21(31)16-36-15-20)5-9-23(26)27(33)30-14-25(32)24-11-17-4-8-22(35-2)10-19(17)13-29-24/h4-5,8-10,12,20-21,24-25,29,32H,3,6-7,11,13-16H2,1-2H3,(H,30,33)/t20?,21?,24-,25?/m0/s1. The van der Waals surface area contributed by atoms with E-state index < -0.39 is 6.10 Å². The fourth-order valence-electron chi connectivity index (χ4n) is 5.58. The quantitative estimate of drug-likeness (QED) is 0.499. The fraction of sp³-hybridized carbons (Fsp3) is 0.500. The van der Waals surface area contributed by atoms with Crippen LogP contribution in [0.25, 0.3) is 0 Å². The van der Waals surface area contributed by atoms with E-state index in [9.17, 15) is 14.7 Å². The van der Waals surface area contributed by atoms with Crippen LogP contribution in [0, 0.1) is 0 Å². The first-order valence-electron chi connectivity index (χ1n) is 13.0. The molecule has 2 aromatic carbocycles. The number of benzene rings is 2. The highest BCUT2D eigenvalue weighted by Crippen LogP contribution is 2.31. The number of amides is 2. The Hall–Kier alpha value is -3.14. The van der Waals surface area contributed by atoms with Crippen molar-refractivity contribution in [3.05, 3.63) is 58.7 Å². The van der Waals surface area contributed by atoms with E-state index in [0.717, 1.165) is 29.7 Å². The van der Waals surface area contributed by atoms with Gasteiger partial charge in [0.25, 0.3) is 11.8 Å². The molecule has 2 amide bonds. The first kappa shape index (κ1) is 25.5. The maximum atomic E-state index is 13.3. The first-order valence-corrected chi connectivity index (χ1v) is 13.0. The molecule has 0 radical (unpaired) electrons. The normalized spacial score (nSPS) is 23.2. The van der Waals surface area contributed by atoms with Gasteiger partial charge in [-0.3, -0.25) is 9.59 Å². The Balaban J connectivity index is 1.23. The molecule has 0 aromatic heterocycles. The summed E-state index contributed by atoms with van der Waals surface area (Å²) in [7, 11) is 1.64. The van der Waals surface area contributed by atoms with Crippen molar-refractivity contribution in [1.82, 2.24) is 15.5 Å². The van der Waals surface area contributed by atoms with Gasteiger partial charge < -0.3 is 34.9 Å². The van der Waals surface area contributed by atoms with E-state index in [4.69, 9.17) is 14.2 Å². The number of aliphatic hydroxyl groups excluding tert-OH is 1. The summed E-state index contributed by atoms with van der Waals surface area (Å²) in [5, 5.41) is 17.0. The summed E-state index contributed by atoms with van der Waals surface area (Å²) in [5.74, 6) is 0.760. The third-order valence-electron chi connectivity index (χ3n) is 7.59. The minimum atomic E-state index is -0.771. The average Bonchev–Trinajstić information content (AvgIpc) is 3.18. The minimum Gasteiger partial charge on any atom is -0.497 e. The molecule has 2 aromatic rings. The summed E-state index contributed by atoms with van der Waals surface area (Å²) >= 11 is 0. The summed E-state index contributed by atoms with van der Waals surface area (Å²) in [5.41, 5.74) is 3.14. The van der Waals surface area contributed by atoms with Crippen LogP contribution in [-0.4, -0.2) is 79.5 Å². The van der Waals surface area contributed by atoms with Gasteiger partial charge in [-0.15, -0.1) is 0 Å². The molecule has 2 saturated heterocycles. The number of nitrogens with one attached hydrogen (secondary N) is 2. The third-order valence-corrected chi connectivity index (χ3v) is 7.59. The van der Waals surface area contributed by atoms with E-state index >= 15 is 0 Å². The van der Waals surface area contributed by atoms with Gasteiger partial charge in [0.15, 0.2) is 0 Å². The molecule has 3 aliphatic rings. The zero-order valence-electron chi connectivity index (χ0n) is 21.4. The van der Waals surface area contributed by atoms with E-state index in [1.807, 2.05) is 30.0 Å². The van der Waals surface area contributed by atoms with Gasteiger partial charge in [0, 0.05) is 24.7 Å². The number of hydrogen-bond acceptors (Lipinski definition) is 7. The zero-order chi connectivity index (χ0) is 25.9. The Morgan fingerprint density at radius 3 is 2.68 bits per heavy atom. The van der Waals surface area contributed by atoms with Crippen molar-refractivity contribution >= 4 is 11.8 Å². The second kappa shape index (κ2) is 11.1. The van der Waals surface area contributed by atoms with E-state index in [-0.39, 0.29) is 36.5 Å². The molecule has 2 bridgehead atoms.